The molecule has 0 saturated heterocycles. The van der Waals surface area contributed by atoms with Crippen molar-refractivity contribution in [1.82, 2.24) is 10.2 Å². The van der Waals surface area contributed by atoms with Crippen molar-refractivity contribution in [3.8, 4) is 0 Å². The predicted octanol–water partition coefficient (Wildman–Crippen LogP) is 4.10. The Kier molecular flexibility index (Phi) is 7.41. The van der Waals surface area contributed by atoms with E-state index in [4.69, 9.17) is 0 Å². The third kappa shape index (κ3) is 8.23. The summed E-state index contributed by atoms with van der Waals surface area (Å²) in [5.74, 6) is 0.729. The van der Waals surface area contributed by atoms with Crippen LogP contribution in [0, 0.1) is 5.92 Å². The first-order chi connectivity index (χ1) is 9.80. The molecule has 2 heteroatoms. The van der Waals surface area contributed by atoms with Gasteiger partial charge in [0.25, 0.3) is 0 Å². The van der Waals surface area contributed by atoms with Gasteiger partial charge in [-0.3, -0.25) is 4.90 Å². The van der Waals surface area contributed by atoms with Gasteiger partial charge in [-0.05, 0) is 57.3 Å². The van der Waals surface area contributed by atoms with Gasteiger partial charge in [0.05, 0.1) is 0 Å². The van der Waals surface area contributed by atoms with Gasteiger partial charge in [0.15, 0.2) is 0 Å². The van der Waals surface area contributed by atoms with Crippen LogP contribution < -0.4 is 5.32 Å². The maximum absolute atomic E-state index is 3.54. The van der Waals surface area contributed by atoms with Crippen LogP contribution in [0.3, 0.4) is 0 Å². The first-order valence-corrected chi connectivity index (χ1v) is 8.35. The van der Waals surface area contributed by atoms with Crippen LogP contribution in [0.15, 0.2) is 24.3 Å². The fraction of sp³-hybridized carbons (Fsp3) is 0.684. The zero-order valence-corrected chi connectivity index (χ0v) is 14.9. The molecule has 1 N–H and O–H groups in total. The second-order valence-corrected chi connectivity index (χ2v) is 7.46. The molecule has 0 atom stereocenters. The minimum Gasteiger partial charge on any atom is -0.312 e. The van der Waals surface area contributed by atoms with Crippen LogP contribution in [-0.4, -0.2) is 30.1 Å². The van der Waals surface area contributed by atoms with Crippen LogP contribution in [0.5, 0.6) is 0 Å². The highest BCUT2D eigenvalue weighted by molar-refractivity contribution is 5.22. The van der Waals surface area contributed by atoms with Crippen molar-refractivity contribution in [3.63, 3.8) is 0 Å². The van der Waals surface area contributed by atoms with Crippen molar-refractivity contribution in [2.75, 3.05) is 19.6 Å². The van der Waals surface area contributed by atoms with Crippen LogP contribution >= 0.6 is 0 Å². The lowest BCUT2D eigenvalue weighted by molar-refractivity contribution is 0.248. The lowest BCUT2D eigenvalue weighted by Crippen LogP contribution is -2.37. The highest BCUT2D eigenvalue weighted by Gasteiger charge is 2.08. The Labute approximate surface area is 131 Å². The number of rotatable bonds is 8. The second-order valence-electron chi connectivity index (χ2n) is 7.46. The molecule has 21 heavy (non-hydrogen) atoms. The molecule has 0 spiro atoms. The van der Waals surface area contributed by atoms with Crippen molar-refractivity contribution in [3.05, 3.63) is 35.4 Å². The Bertz CT molecular complexity index is 387. The minimum atomic E-state index is 0.207. The van der Waals surface area contributed by atoms with E-state index in [0.717, 1.165) is 32.0 Å². The molecule has 2 nitrogen and oxygen atoms in total. The van der Waals surface area contributed by atoms with E-state index in [1.807, 2.05) is 0 Å². The molecule has 1 aromatic carbocycles. The van der Waals surface area contributed by atoms with Gasteiger partial charge in [0, 0.05) is 18.6 Å². The van der Waals surface area contributed by atoms with E-state index >= 15 is 0 Å². The molecule has 1 aromatic rings. The molecular formula is C19H34N2. The summed E-state index contributed by atoms with van der Waals surface area (Å²) in [6, 6.07) is 9.14. The van der Waals surface area contributed by atoms with Gasteiger partial charge in [0.2, 0.25) is 0 Å². The number of hydrogen-bond donors (Lipinski definition) is 1. The molecule has 120 valence electrons. The lowest BCUT2D eigenvalue weighted by Gasteiger charge is -2.23. The third-order valence-electron chi connectivity index (χ3n) is 3.57. The normalized spacial score (nSPS) is 12.4. The number of hydrogen-bond acceptors (Lipinski definition) is 2. The summed E-state index contributed by atoms with van der Waals surface area (Å²) in [6.07, 6.45) is 1.10. The third-order valence-corrected chi connectivity index (χ3v) is 3.57. The molecule has 0 bridgehead atoms. The molecule has 0 radical (unpaired) electrons. The molecule has 0 fully saturated rings. The van der Waals surface area contributed by atoms with E-state index in [-0.39, 0.29) is 5.54 Å². The van der Waals surface area contributed by atoms with Gasteiger partial charge in [0.1, 0.15) is 0 Å². The summed E-state index contributed by atoms with van der Waals surface area (Å²) in [5.41, 5.74) is 3.05. The van der Waals surface area contributed by atoms with Crippen molar-refractivity contribution in [2.24, 2.45) is 5.92 Å². The maximum Gasteiger partial charge on any atom is 0.0233 e. The van der Waals surface area contributed by atoms with E-state index in [1.165, 1.54) is 17.7 Å². The topological polar surface area (TPSA) is 15.3 Å². The molecule has 0 heterocycles. The molecule has 0 saturated carbocycles. The minimum absolute atomic E-state index is 0.207. The highest BCUT2D eigenvalue weighted by Crippen LogP contribution is 2.10. The van der Waals surface area contributed by atoms with Crippen LogP contribution in [0.2, 0.25) is 0 Å². The first-order valence-electron chi connectivity index (χ1n) is 8.35. The quantitative estimate of drug-likeness (QED) is 0.775. The second kappa shape index (κ2) is 8.55. The van der Waals surface area contributed by atoms with Crippen molar-refractivity contribution < 1.29 is 0 Å². The monoisotopic (exact) mass is 290 g/mol. The Morgan fingerprint density at radius 2 is 1.62 bits per heavy atom. The van der Waals surface area contributed by atoms with Gasteiger partial charge in [-0.25, -0.2) is 0 Å². The Morgan fingerprint density at radius 3 is 2.10 bits per heavy atom. The molecule has 0 aliphatic heterocycles. The van der Waals surface area contributed by atoms with Gasteiger partial charge >= 0.3 is 0 Å². The standard InChI is InChI=1S/C19H34N2/c1-7-21(14-16(2)3)15-18-10-8-17(9-11-18)12-13-20-19(4,5)6/h8-11,16,20H,7,12-15H2,1-6H3. The van der Waals surface area contributed by atoms with E-state index in [2.05, 4.69) is 76.0 Å². The Morgan fingerprint density at radius 1 is 1.05 bits per heavy atom. The van der Waals surface area contributed by atoms with E-state index in [1.54, 1.807) is 0 Å². The van der Waals surface area contributed by atoms with Crippen molar-refractivity contribution in [1.29, 1.82) is 0 Å². The highest BCUT2D eigenvalue weighted by atomic mass is 15.1. The Hall–Kier alpha value is -0.860. The number of benzene rings is 1. The average molecular weight is 290 g/mol. The largest absolute Gasteiger partial charge is 0.312 e. The van der Waals surface area contributed by atoms with Crippen LogP contribution in [0.1, 0.15) is 52.7 Å². The Balaban J connectivity index is 2.46. The summed E-state index contributed by atoms with van der Waals surface area (Å²) in [6.45, 7) is 17.9. The zero-order valence-electron chi connectivity index (χ0n) is 14.9. The van der Waals surface area contributed by atoms with Gasteiger partial charge < -0.3 is 5.32 Å². The molecule has 0 unspecified atom stereocenters. The molecule has 1 rings (SSSR count). The van der Waals surface area contributed by atoms with Gasteiger partial charge in [-0.15, -0.1) is 0 Å². The summed E-state index contributed by atoms with van der Waals surface area (Å²) in [5, 5.41) is 3.54. The molecule has 0 aromatic heterocycles. The summed E-state index contributed by atoms with van der Waals surface area (Å²) in [4.78, 5) is 2.51. The number of nitrogens with zero attached hydrogens (tertiary/aromatic N) is 1. The summed E-state index contributed by atoms with van der Waals surface area (Å²) < 4.78 is 0. The average Bonchev–Trinajstić information content (AvgIpc) is 2.38. The predicted molar refractivity (Wildman–Crippen MR) is 93.7 cm³/mol. The fourth-order valence-corrected chi connectivity index (χ4v) is 2.47. The number of nitrogens with one attached hydrogen (secondary N) is 1. The molecule has 0 aliphatic carbocycles. The van der Waals surface area contributed by atoms with Crippen molar-refractivity contribution in [2.45, 2.75) is 60.0 Å². The van der Waals surface area contributed by atoms with E-state index in [9.17, 15) is 0 Å². The smallest absolute Gasteiger partial charge is 0.0233 e. The van der Waals surface area contributed by atoms with Crippen LogP contribution in [0.25, 0.3) is 0 Å². The van der Waals surface area contributed by atoms with E-state index < -0.39 is 0 Å². The van der Waals surface area contributed by atoms with Gasteiger partial charge in [-0.1, -0.05) is 45.0 Å². The summed E-state index contributed by atoms with van der Waals surface area (Å²) in [7, 11) is 0. The molecule has 0 amide bonds. The lowest BCUT2D eigenvalue weighted by atomic mass is 10.1. The zero-order chi connectivity index (χ0) is 15.9. The van der Waals surface area contributed by atoms with Crippen LogP contribution in [-0.2, 0) is 13.0 Å². The SMILES string of the molecule is CCN(Cc1ccc(CCNC(C)(C)C)cc1)CC(C)C. The molecular weight excluding hydrogens is 256 g/mol. The van der Waals surface area contributed by atoms with Crippen LogP contribution in [0.4, 0.5) is 0 Å². The maximum atomic E-state index is 3.54. The van der Waals surface area contributed by atoms with Crippen molar-refractivity contribution >= 4 is 0 Å². The first kappa shape index (κ1) is 18.2. The van der Waals surface area contributed by atoms with Gasteiger partial charge in [-0.2, -0.15) is 0 Å². The molecule has 0 aliphatic rings. The fourth-order valence-electron chi connectivity index (χ4n) is 2.47. The summed E-state index contributed by atoms with van der Waals surface area (Å²) >= 11 is 0. The van der Waals surface area contributed by atoms with E-state index in [0.29, 0.717) is 0 Å².